The maximum atomic E-state index is 13.9. The zero-order valence-electron chi connectivity index (χ0n) is 17.0. The van der Waals surface area contributed by atoms with Gasteiger partial charge in [0.2, 0.25) is 5.91 Å². The van der Waals surface area contributed by atoms with Gasteiger partial charge in [0, 0.05) is 51.9 Å². The number of nitrogens with zero attached hydrogens (tertiary/aromatic N) is 3. The third-order valence-corrected chi connectivity index (χ3v) is 4.77. The van der Waals surface area contributed by atoms with Crippen LogP contribution in [0.4, 0.5) is 10.2 Å². The number of benzene rings is 1. The number of carbonyl (C=O) groups is 1. The van der Waals surface area contributed by atoms with Crippen molar-refractivity contribution in [2.24, 2.45) is 4.99 Å². The lowest BCUT2D eigenvalue weighted by molar-refractivity contribution is -0.121. The zero-order valence-corrected chi connectivity index (χ0v) is 19.3. The Kier molecular flexibility index (Phi) is 9.78. The molecule has 1 aliphatic rings. The lowest BCUT2D eigenvalue weighted by atomic mass is 10.2. The van der Waals surface area contributed by atoms with Crippen molar-refractivity contribution in [3.05, 3.63) is 60.0 Å². The minimum atomic E-state index is -0.308. The van der Waals surface area contributed by atoms with Crippen molar-refractivity contribution in [2.45, 2.75) is 25.4 Å². The third kappa shape index (κ3) is 7.12. The van der Waals surface area contributed by atoms with E-state index in [4.69, 9.17) is 0 Å². The Morgan fingerprint density at radius 3 is 2.77 bits per heavy atom. The molecule has 0 radical (unpaired) electrons. The largest absolute Gasteiger partial charge is 0.356 e. The number of nitrogens with one attached hydrogen (secondary N) is 3. The number of halogens is 2. The van der Waals surface area contributed by atoms with Crippen molar-refractivity contribution >= 4 is 41.7 Å². The predicted octanol–water partition coefficient (Wildman–Crippen LogP) is 2.29. The number of aromatic nitrogens is 1. The molecular formula is C21H28FIN6O. The monoisotopic (exact) mass is 526 g/mol. The van der Waals surface area contributed by atoms with Gasteiger partial charge in [0.05, 0.1) is 0 Å². The van der Waals surface area contributed by atoms with Gasteiger partial charge in [0.15, 0.2) is 17.6 Å². The van der Waals surface area contributed by atoms with Crippen LogP contribution in [0.3, 0.4) is 0 Å². The van der Waals surface area contributed by atoms with E-state index < -0.39 is 0 Å². The smallest absolute Gasteiger partial charge is 0.222 e. The number of amides is 1. The Bertz CT molecular complexity index is 835. The van der Waals surface area contributed by atoms with E-state index in [1.165, 1.54) is 6.07 Å². The molecule has 2 aromatic rings. The van der Waals surface area contributed by atoms with Gasteiger partial charge < -0.3 is 20.9 Å². The minimum absolute atomic E-state index is 0. The molecule has 0 aliphatic carbocycles. The van der Waals surface area contributed by atoms with Gasteiger partial charge in [-0.25, -0.2) is 9.37 Å². The SMILES string of the molecule is CN=C(NCCC(=O)NCc1ccccc1)NC1CCN(c2ncccc2F)C1.I. The van der Waals surface area contributed by atoms with Crippen molar-refractivity contribution in [3.63, 3.8) is 0 Å². The van der Waals surface area contributed by atoms with Crippen LogP contribution in [0.1, 0.15) is 18.4 Å². The second-order valence-corrected chi connectivity index (χ2v) is 6.90. The van der Waals surface area contributed by atoms with Crippen molar-refractivity contribution in [1.82, 2.24) is 20.9 Å². The number of pyridine rings is 1. The predicted molar refractivity (Wildman–Crippen MR) is 128 cm³/mol. The Hall–Kier alpha value is -2.43. The van der Waals surface area contributed by atoms with E-state index in [0.717, 1.165) is 18.5 Å². The zero-order chi connectivity index (χ0) is 20.5. The van der Waals surface area contributed by atoms with E-state index in [2.05, 4.69) is 25.9 Å². The molecule has 1 fully saturated rings. The summed E-state index contributed by atoms with van der Waals surface area (Å²) in [5.41, 5.74) is 1.07. The fourth-order valence-corrected chi connectivity index (χ4v) is 3.25. The van der Waals surface area contributed by atoms with E-state index in [-0.39, 0.29) is 41.7 Å². The van der Waals surface area contributed by atoms with Crippen LogP contribution < -0.4 is 20.9 Å². The lowest BCUT2D eigenvalue weighted by Gasteiger charge is -2.20. The quantitative estimate of drug-likeness (QED) is 0.293. The van der Waals surface area contributed by atoms with Crippen LogP contribution in [-0.2, 0) is 11.3 Å². The van der Waals surface area contributed by atoms with Gasteiger partial charge in [-0.1, -0.05) is 30.3 Å². The summed E-state index contributed by atoms with van der Waals surface area (Å²) in [6, 6.07) is 13.0. The normalized spacial score (nSPS) is 16.0. The van der Waals surface area contributed by atoms with E-state index in [1.807, 2.05) is 35.2 Å². The summed E-state index contributed by atoms with van der Waals surface area (Å²) in [4.78, 5) is 22.3. The van der Waals surface area contributed by atoms with Gasteiger partial charge in [0.25, 0.3) is 0 Å². The molecule has 3 N–H and O–H groups in total. The van der Waals surface area contributed by atoms with Crippen LogP contribution >= 0.6 is 24.0 Å². The highest BCUT2D eigenvalue weighted by Crippen LogP contribution is 2.20. The molecule has 162 valence electrons. The molecule has 7 nitrogen and oxygen atoms in total. The van der Waals surface area contributed by atoms with Crippen molar-refractivity contribution in [1.29, 1.82) is 0 Å². The maximum Gasteiger partial charge on any atom is 0.222 e. The first kappa shape index (κ1) is 23.8. The van der Waals surface area contributed by atoms with Gasteiger partial charge >= 0.3 is 0 Å². The summed E-state index contributed by atoms with van der Waals surface area (Å²) in [6.45, 7) is 2.37. The molecule has 1 saturated heterocycles. The van der Waals surface area contributed by atoms with Gasteiger partial charge in [-0.15, -0.1) is 24.0 Å². The summed E-state index contributed by atoms with van der Waals surface area (Å²) < 4.78 is 13.9. The summed E-state index contributed by atoms with van der Waals surface area (Å²) >= 11 is 0. The molecule has 0 saturated carbocycles. The van der Waals surface area contributed by atoms with E-state index >= 15 is 0 Å². The van der Waals surface area contributed by atoms with Crippen LogP contribution in [0.5, 0.6) is 0 Å². The molecular weight excluding hydrogens is 498 g/mol. The number of rotatable bonds is 7. The lowest BCUT2D eigenvalue weighted by Crippen LogP contribution is -2.45. The Morgan fingerprint density at radius 2 is 2.03 bits per heavy atom. The van der Waals surface area contributed by atoms with Crippen LogP contribution in [0.15, 0.2) is 53.7 Å². The molecule has 1 aliphatic heterocycles. The Balaban J connectivity index is 0.00000320. The van der Waals surface area contributed by atoms with Crippen molar-refractivity contribution in [3.8, 4) is 0 Å². The number of carbonyl (C=O) groups excluding carboxylic acids is 1. The summed E-state index contributed by atoms with van der Waals surface area (Å²) in [5.74, 6) is 0.690. The average Bonchev–Trinajstić information content (AvgIpc) is 3.21. The van der Waals surface area contributed by atoms with E-state index in [0.29, 0.717) is 37.8 Å². The molecule has 1 aromatic carbocycles. The molecule has 2 heterocycles. The van der Waals surface area contributed by atoms with Crippen LogP contribution in [0, 0.1) is 5.82 Å². The minimum Gasteiger partial charge on any atom is -0.356 e. The fourth-order valence-electron chi connectivity index (χ4n) is 3.25. The molecule has 9 heteroatoms. The number of hydrogen-bond acceptors (Lipinski definition) is 4. The second kappa shape index (κ2) is 12.3. The van der Waals surface area contributed by atoms with E-state index in [9.17, 15) is 9.18 Å². The highest BCUT2D eigenvalue weighted by Gasteiger charge is 2.25. The highest BCUT2D eigenvalue weighted by molar-refractivity contribution is 14.0. The summed E-state index contributed by atoms with van der Waals surface area (Å²) in [7, 11) is 1.69. The molecule has 3 rings (SSSR count). The van der Waals surface area contributed by atoms with Crippen LogP contribution in [-0.4, -0.2) is 49.6 Å². The van der Waals surface area contributed by atoms with Crippen molar-refractivity contribution < 1.29 is 9.18 Å². The van der Waals surface area contributed by atoms with E-state index in [1.54, 1.807) is 19.3 Å². The highest BCUT2D eigenvalue weighted by atomic mass is 127. The first-order valence-corrected chi connectivity index (χ1v) is 9.79. The maximum absolute atomic E-state index is 13.9. The second-order valence-electron chi connectivity index (χ2n) is 6.90. The first-order valence-electron chi connectivity index (χ1n) is 9.79. The Labute approximate surface area is 193 Å². The van der Waals surface area contributed by atoms with Gasteiger partial charge in [0.1, 0.15) is 0 Å². The molecule has 1 amide bonds. The average molecular weight is 526 g/mol. The third-order valence-electron chi connectivity index (χ3n) is 4.77. The molecule has 1 aromatic heterocycles. The number of anilines is 1. The molecule has 1 unspecified atom stereocenters. The summed E-state index contributed by atoms with van der Waals surface area (Å²) in [5, 5.41) is 9.40. The fraction of sp³-hybridized carbons (Fsp3) is 0.381. The van der Waals surface area contributed by atoms with Crippen molar-refractivity contribution in [2.75, 3.05) is 31.6 Å². The number of hydrogen-bond donors (Lipinski definition) is 3. The molecule has 0 bridgehead atoms. The first-order chi connectivity index (χ1) is 14.2. The standard InChI is InChI=1S/C21H27FN6O.HI/c1-23-21(25-12-9-19(29)26-14-16-6-3-2-4-7-16)27-17-10-13-28(15-17)20-18(22)8-5-11-24-20;/h2-8,11,17H,9-10,12-15H2,1H3,(H,26,29)(H2,23,25,27);1H. The Morgan fingerprint density at radius 1 is 1.23 bits per heavy atom. The molecule has 0 spiro atoms. The summed E-state index contributed by atoms with van der Waals surface area (Å²) in [6.07, 6.45) is 2.81. The van der Waals surface area contributed by atoms with Crippen LogP contribution in [0.25, 0.3) is 0 Å². The van der Waals surface area contributed by atoms with Gasteiger partial charge in [-0.3, -0.25) is 9.79 Å². The molecule has 30 heavy (non-hydrogen) atoms. The number of aliphatic imine (C=N–C) groups is 1. The van der Waals surface area contributed by atoms with Gasteiger partial charge in [-0.2, -0.15) is 0 Å². The molecule has 1 atom stereocenters. The van der Waals surface area contributed by atoms with Crippen LogP contribution in [0.2, 0.25) is 0 Å². The topological polar surface area (TPSA) is 81.6 Å². The number of guanidine groups is 1. The van der Waals surface area contributed by atoms with Gasteiger partial charge in [-0.05, 0) is 24.1 Å².